The van der Waals surface area contributed by atoms with Crippen LogP contribution in [0.1, 0.15) is 21.7 Å². The van der Waals surface area contributed by atoms with Gasteiger partial charge in [0.1, 0.15) is 23.1 Å². The molecule has 3 aromatic rings. The van der Waals surface area contributed by atoms with E-state index in [0.29, 0.717) is 11.3 Å². The van der Waals surface area contributed by atoms with Crippen molar-refractivity contribution in [2.24, 2.45) is 5.10 Å². The minimum atomic E-state index is -0.671. The van der Waals surface area contributed by atoms with E-state index in [-0.39, 0.29) is 18.2 Å². The number of ether oxygens (including phenoxy) is 1. The van der Waals surface area contributed by atoms with Crippen LogP contribution in [0.4, 0.5) is 10.3 Å². The summed E-state index contributed by atoms with van der Waals surface area (Å²) >= 11 is 0. The summed E-state index contributed by atoms with van der Waals surface area (Å²) in [4.78, 5) is 21.9. The van der Waals surface area contributed by atoms with Crippen molar-refractivity contribution < 1.29 is 23.3 Å². The molecule has 8 nitrogen and oxygen atoms in total. The normalized spacial score (nSPS) is 10.8. The van der Waals surface area contributed by atoms with Crippen LogP contribution in [-0.4, -0.2) is 17.0 Å². The highest BCUT2D eigenvalue weighted by molar-refractivity contribution is 5.94. The molecular formula is C19H14FN3O5. The van der Waals surface area contributed by atoms with Crippen molar-refractivity contribution in [2.75, 3.05) is 0 Å². The molecule has 9 heteroatoms. The van der Waals surface area contributed by atoms with E-state index in [9.17, 15) is 19.3 Å². The fraction of sp³-hybridized carbons (Fsp3) is 0.0526. The Balaban J connectivity index is 1.52. The molecule has 0 aliphatic carbocycles. The maximum absolute atomic E-state index is 12.9. The molecule has 1 heterocycles. The van der Waals surface area contributed by atoms with Crippen molar-refractivity contribution in [3.8, 4) is 5.75 Å². The van der Waals surface area contributed by atoms with Gasteiger partial charge in [-0.1, -0.05) is 12.1 Å². The third kappa shape index (κ3) is 5.01. The van der Waals surface area contributed by atoms with Gasteiger partial charge in [-0.15, -0.1) is 0 Å². The molecular weight excluding hydrogens is 369 g/mol. The molecule has 2 aromatic carbocycles. The van der Waals surface area contributed by atoms with Crippen LogP contribution in [0, 0.1) is 15.9 Å². The van der Waals surface area contributed by atoms with Crippen LogP contribution in [0.15, 0.2) is 70.2 Å². The van der Waals surface area contributed by atoms with Gasteiger partial charge in [0.25, 0.3) is 5.91 Å². The van der Waals surface area contributed by atoms with Gasteiger partial charge < -0.3 is 9.15 Å². The average Bonchev–Trinajstić information content (AvgIpc) is 3.17. The molecule has 3 rings (SSSR count). The first-order chi connectivity index (χ1) is 13.5. The summed E-state index contributed by atoms with van der Waals surface area (Å²) in [6.07, 6.45) is 1.16. The molecule has 0 bridgehead atoms. The van der Waals surface area contributed by atoms with E-state index in [4.69, 9.17) is 9.15 Å². The first-order valence-electron chi connectivity index (χ1n) is 8.06. The number of benzene rings is 2. The topological polar surface area (TPSA) is 107 Å². The first-order valence-corrected chi connectivity index (χ1v) is 8.06. The number of carbonyl (C=O) groups excluding carboxylic acids is 1. The molecule has 0 atom stereocenters. The molecule has 0 aliphatic heterocycles. The fourth-order valence-corrected chi connectivity index (χ4v) is 2.18. The van der Waals surface area contributed by atoms with Gasteiger partial charge >= 0.3 is 5.88 Å². The van der Waals surface area contributed by atoms with Crippen LogP contribution in [0.5, 0.6) is 5.75 Å². The lowest BCUT2D eigenvalue weighted by Crippen LogP contribution is -2.17. The maximum Gasteiger partial charge on any atom is 0.433 e. The van der Waals surface area contributed by atoms with Gasteiger partial charge in [0.2, 0.25) is 0 Å². The van der Waals surface area contributed by atoms with E-state index in [1.165, 1.54) is 24.3 Å². The van der Waals surface area contributed by atoms with Gasteiger partial charge in [-0.25, -0.2) is 9.82 Å². The summed E-state index contributed by atoms with van der Waals surface area (Å²) < 4.78 is 23.3. The van der Waals surface area contributed by atoms with Crippen LogP contribution in [0.3, 0.4) is 0 Å². The van der Waals surface area contributed by atoms with Crippen LogP contribution in [-0.2, 0) is 6.61 Å². The third-order valence-electron chi connectivity index (χ3n) is 3.59. The highest BCUT2D eigenvalue weighted by Crippen LogP contribution is 2.15. The smallest absolute Gasteiger partial charge is 0.433 e. The molecule has 0 radical (unpaired) electrons. The number of nitrogens with one attached hydrogen (secondary N) is 1. The Morgan fingerprint density at radius 1 is 1.14 bits per heavy atom. The third-order valence-corrected chi connectivity index (χ3v) is 3.59. The number of furan rings is 1. The van der Waals surface area contributed by atoms with Crippen molar-refractivity contribution in [1.29, 1.82) is 0 Å². The lowest BCUT2D eigenvalue weighted by molar-refractivity contribution is -0.402. The second-order valence-corrected chi connectivity index (χ2v) is 5.57. The van der Waals surface area contributed by atoms with Crippen molar-refractivity contribution in [1.82, 2.24) is 5.43 Å². The van der Waals surface area contributed by atoms with E-state index < -0.39 is 16.7 Å². The summed E-state index contributed by atoms with van der Waals surface area (Å²) in [5.41, 5.74) is 3.45. The number of halogens is 1. The largest absolute Gasteiger partial charge is 0.489 e. The van der Waals surface area contributed by atoms with Crippen molar-refractivity contribution >= 4 is 18.0 Å². The quantitative estimate of drug-likeness (QED) is 0.381. The molecule has 0 unspecified atom stereocenters. The van der Waals surface area contributed by atoms with Gasteiger partial charge in [0.15, 0.2) is 5.76 Å². The Labute approximate surface area is 158 Å². The van der Waals surface area contributed by atoms with Gasteiger partial charge in [-0.3, -0.25) is 14.9 Å². The summed E-state index contributed by atoms with van der Waals surface area (Å²) in [7, 11) is 0. The Bertz CT molecular complexity index is 997. The molecule has 1 amide bonds. The fourth-order valence-electron chi connectivity index (χ4n) is 2.18. The average molecular weight is 383 g/mol. The summed E-state index contributed by atoms with van der Waals surface area (Å²) in [5.74, 6) is -0.512. The Hall–Kier alpha value is -4.01. The van der Waals surface area contributed by atoms with Gasteiger partial charge in [0, 0.05) is 5.56 Å². The number of hydrogen-bond donors (Lipinski definition) is 1. The van der Waals surface area contributed by atoms with Gasteiger partial charge in [0.05, 0.1) is 12.3 Å². The summed E-state index contributed by atoms with van der Waals surface area (Å²) in [6, 6.07) is 14.9. The minimum Gasteiger partial charge on any atom is -0.489 e. The predicted molar refractivity (Wildman–Crippen MR) is 97.6 cm³/mol. The van der Waals surface area contributed by atoms with Gasteiger partial charge in [-0.05, 0) is 48.0 Å². The molecule has 0 fully saturated rings. The van der Waals surface area contributed by atoms with Crippen molar-refractivity contribution in [3.05, 3.63) is 93.5 Å². The predicted octanol–water partition coefficient (Wildman–Crippen LogP) is 3.67. The summed E-state index contributed by atoms with van der Waals surface area (Å²) in [5, 5.41) is 14.2. The van der Waals surface area contributed by atoms with Crippen LogP contribution in [0.25, 0.3) is 0 Å². The molecule has 142 valence electrons. The van der Waals surface area contributed by atoms with Crippen LogP contribution in [0.2, 0.25) is 0 Å². The van der Waals surface area contributed by atoms with Crippen molar-refractivity contribution in [3.63, 3.8) is 0 Å². The zero-order valence-corrected chi connectivity index (χ0v) is 14.4. The van der Waals surface area contributed by atoms with Gasteiger partial charge in [-0.2, -0.15) is 5.10 Å². The minimum absolute atomic E-state index is 0.136. The number of carbonyl (C=O) groups is 1. The molecule has 0 spiro atoms. The zero-order valence-electron chi connectivity index (χ0n) is 14.4. The Morgan fingerprint density at radius 3 is 2.50 bits per heavy atom. The van der Waals surface area contributed by atoms with Crippen LogP contribution < -0.4 is 10.2 Å². The number of amides is 1. The highest BCUT2D eigenvalue weighted by Gasteiger charge is 2.10. The number of rotatable bonds is 7. The molecule has 0 aliphatic rings. The standard InChI is InChI=1S/C19H14FN3O5/c20-15-5-1-13(2-6-15)12-27-16-7-3-14(4-8-16)19(24)22-21-11-17-9-10-18(28-17)23(25)26/h1-11H,12H2,(H,22,24)/b21-11+. The number of hydrogen-bond acceptors (Lipinski definition) is 6. The number of hydrazone groups is 1. The lowest BCUT2D eigenvalue weighted by Gasteiger charge is -2.07. The number of nitrogens with zero attached hydrogens (tertiary/aromatic N) is 2. The molecule has 28 heavy (non-hydrogen) atoms. The summed E-state index contributed by atoms with van der Waals surface area (Å²) in [6.45, 7) is 0.269. The lowest BCUT2D eigenvalue weighted by atomic mass is 10.2. The Morgan fingerprint density at radius 2 is 1.86 bits per heavy atom. The second-order valence-electron chi connectivity index (χ2n) is 5.57. The molecule has 0 saturated heterocycles. The van der Waals surface area contributed by atoms with E-state index in [0.717, 1.165) is 11.8 Å². The maximum atomic E-state index is 12.9. The Kier molecular flexibility index (Phi) is 5.75. The van der Waals surface area contributed by atoms with E-state index in [2.05, 4.69) is 10.5 Å². The monoisotopic (exact) mass is 383 g/mol. The van der Waals surface area contributed by atoms with Crippen LogP contribution >= 0.6 is 0 Å². The molecule has 1 N–H and O–H groups in total. The van der Waals surface area contributed by atoms with E-state index >= 15 is 0 Å². The first kappa shape index (κ1) is 18.8. The van der Waals surface area contributed by atoms with E-state index in [1.807, 2.05) is 0 Å². The highest BCUT2D eigenvalue weighted by atomic mass is 19.1. The number of nitro groups is 1. The zero-order chi connectivity index (χ0) is 19.9. The second kappa shape index (κ2) is 8.58. The SMILES string of the molecule is O=C(N/N=C/c1ccc([N+](=O)[O-])o1)c1ccc(OCc2ccc(F)cc2)cc1. The van der Waals surface area contributed by atoms with Crippen molar-refractivity contribution in [2.45, 2.75) is 6.61 Å². The van der Waals surface area contributed by atoms with E-state index in [1.54, 1.807) is 36.4 Å². The molecule has 1 aromatic heterocycles. The molecule has 0 saturated carbocycles.